The van der Waals surface area contributed by atoms with Crippen LogP contribution in [-0.4, -0.2) is 21.9 Å². The number of rotatable bonds is 5. The van der Waals surface area contributed by atoms with Crippen LogP contribution in [0.3, 0.4) is 0 Å². The highest BCUT2D eigenvalue weighted by Crippen LogP contribution is 2.25. The van der Waals surface area contributed by atoms with Crippen LogP contribution in [0.25, 0.3) is 0 Å². The molecule has 1 aliphatic heterocycles. The number of imidazole rings is 1. The first-order valence-electron chi connectivity index (χ1n) is 7.37. The normalized spacial score (nSPS) is 21.9. The second kappa shape index (κ2) is 7.47. The maximum atomic E-state index is 6.16. The van der Waals surface area contributed by atoms with Gasteiger partial charge in [-0.25, -0.2) is 4.98 Å². The van der Waals surface area contributed by atoms with Gasteiger partial charge in [-0.3, -0.25) is 0 Å². The minimum absolute atomic E-state index is 0.161. The van der Waals surface area contributed by atoms with E-state index in [0.717, 1.165) is 31.4 Å². The van der Waals surface area contributed by atoms with Crippen molar-refractivity contribution in [1.29, 1.82) is 0 Å². The van der Waals surface area contributed by atoms with Crippen molar-refractivity contribution in [3.05, 3.63) is 52.5 Å². The van der Waals surface area contributed by atoms with Gasteiger partial charge in [0.2, 0.25) is 0 Å². The molecule has 0 saturated carbocycles. The number of aromatic nitrogens is 2. The summed E-state index contributed by atoms with van der Waals surface area (Å²) in [6.07, 6.45) is 8.55. The number of benzene rings is 1. The van der Waals surface area contributed by atoms with Gasteiger partial charge in [0.05, 0.1) is 19.0 Å². The van der Waals surface area contributed by atoms with Gasteiger partial charge in [0.15, 0.2) is 6.29 Å². The average Bonchev–Trinajstić information content (AvgIpc) is 3.00. The SMILES string of the molecule is Clc1ccc(CO[C@H]2CCC[C@H](Cn3ccnc3)O2)c(Cl)c1. The Morgan fingerprint density at radius 2 is 2.23 bits per heavy atom. The van der Waals surface area contributed by atoms with Crippen molar-refractivity contribution in [1.82, 2.24) is 9.55 Å². The van der Waals surface area contributed by atoms with Gasteiger partial charge in [-0.15, -0.1) is 0 Å². The van der Waals surface area contributed by atoms with Crippen LogP contribution in [-0.2, 0) is 22.6 Å². The molecule has 1 saturated heterocycles. The molecule has 0 bridgehead atoms. The minimum Gasteiger partial charge on any atom is -0.348 e. The Labute approximate surface area is 140 Å². The van der Waals surface area contributed by atoms with Gasteiger partial charge >= 0.3 is 0 Å². The molecule has 2 heterocycles. The molecule has 118 valence electrons. The Morgan fingerprint density at radius 1 is 1.32 bits per heavy atom. The summed E-state index contributed by atoms with van der Waals surface area (Å²) in [6, 6.07) is 5.43. The number of ether oxygens (including phenoxy) is 2. The minimum atomic E-state index is -0.186. The molecular weight excluding hydrogens is 323 g/mol. The first kappa shape index (κ1) is 15.8. The molecule has 0 amide bonds. The second-order valence-corrected chi connectivity index (χ2v) is 6.27. The summed E-state index contributed by atoms with van der Waals surface area (Å²) in [6.45, 7) is 1.24. The number of hydrogen-bond acceptors (Lipinski definition) is 3. The lowest BCUT2D eigenvalue weighted by Gasteiger charge is -2.30. The zero-order valence-electron chi connectivity index (χ0n) is 12.1. The lowest BCUT2D eigenvalue weighted by molar-refractivity contribution is -0.201. The highest BCUT2D eigenvalue weighted by atomic mass is 35.5. The zero-order chi connectivity index (χ0) is 15.4. The van der Waals surface area contributed by atoms with Crippen LogP contribution in [0.1, 0.15) is 24.8 Å². The molecule has 1 aromatic carbocycles. The zero-order valence-corrected chi connectivity index (χ0v) is 13.6. The lowest BCUT2D eigenvalue weighted by Crippen LogP contribution is -2.32. The molecule has 0 unspecified atom stereocenters. The lowest BCUT2D eigenvalue weighted by atomic mass is 10.1. The van der Waals surface area contributed by atoms with Crippen LogP contribution in [0, 0.1) is 0 Å². The van der Waals surface area contributed by atoms with E-state index in [2.05, 4.69) is 4.98 Å². The number of nitrogens with zero attached hydrogens (tertiary/aromatic N) is 2. The standard InChI is InChI=1S/C16H18Cl2N2O2/c17-13-5-4-12(15(18)8-13)10-21-16-3-1-2-14(22-16)9-20-7-6-19-11-20/h4-8,11,14,16H,1-3,9-10H2/t14-,16-/m1/s1. The third kappa shape index (κ3) is 4.23. The Kier molecular flexibility index (Phi) is 5.37. The molecule has 2 aromatic rings. The van der Waals surface area contributed by atoms with Gasteiger partial charge in [-0.2, -0.15) is 0 Å². The molecule has 4 nitrogen and oxygen atoms in total. The number of halogens is 2. The van der Waals surface area contributed by atoms with Gasteiger partial charge in [-0.05, 0) is 37.0 Å². The van der Waals surface area contributed by atoms with Crippen LogP contribution < -0.4 is 0 Å². The molecule has 1 aliphatic rings. The van der Waals surface area contributed by atoms with E-state index in [-0.39, 0.29) is 12.4 Å². The van der Waals surface area contributed by atoms with Crippen LogP contribution >= 0.6 is 23.2 Å². The first-order chi connectivity index (χ1) is 10.7. The van der Waals surface area contributed by atoms with Crippen LogP contribution in [0.5, 0.6) is 0 Å². The predicted molar refractivity (Wildman–Crippen MR) is 86.0 cm³/mol. The van der Waals surface area contributed by atoms with Crippen molar-refractivity contribution in [2.24, 2.45) is 0 Å². The van der Waals surface area contributed by atoms with Gasteiger partial charge in [0, 0.05) is 29.0 Å². The fraction of sp³-hybridized carbons (Fsp3) is 0.438. The quantitative estimate of drug-likeness (QED) is 0.813. The van der Waals surface area contributed by atoms with Crippen LogP contribution in [0.2, 0.25) is 10.0 Å². The Morgan fingerprint density at radius 3 is 3.00 bits per heavy atom. The van der Waals surface area contributed by atoms with Gasteiger partial charge in [0.25, 0.3) is 0 Å². The molecular formula is C16H18Cl2N2O2. The molecule has 0 aliphatic carbocycles. The average molecular weight is 341 g/mol. The molecule has 0 N–H and O–H groups in total. The van der Waals surface area contributed by atoms with E-state index in [1.54, 1.807) is 18.6 Å². The summed E-state index contributed by atoms with van der Waals surface area (Å²) >= 11 is 12.1. The second-order valence-electron chi connectivity index (χ2n) is 5.42. The summed E-state index contributed by atoms with van der Waals surface area (Å²) in [5.74, 6) is 0. The third-order valence-corrected chi connectivity index (χ3v) is 4.31. The van der Waals surface area contributed by atoms with Gasteiger partial charge in [0.1, 0.15) is 0 Å². The van der Waals surface area contributed by atoms with Crippen molar-refractivity contribution in [3.63, 3.8) is 0 Å². The van der Waals surface area contributed by atoms with Gasteiger partial charge < -0.3 is 14.0 Å². The summed E-state index contributed by atoms with van der Waals surface area (Å²) < 4.78 is 13.9. The van der Waals surface area contributed by atoms with Gasteiger partial charge in [-0.1, -0.05) is 29.3 Å². The fourth-order valence-electron chi connectivity index (χ4n) is 2.57. The van der Waals surface area contributed by atoms with Crippen molar-refractivity contribution in [3.8, 4) is 0 Å². The van der Waals surface area contributed by atoms with E-state index in [9.17, 15) is 0 Å². The number of hydrogen-bond donors (Lipinski definition) is 0. The highest BCUT2D eigenvalue weighted by Gasteiger charge is 2.23. The summed E-state index contributed by atoms with van der Waals surface area (Å²) in [5.41, 5.74) is 0.923. The van der Waals surface area contributed by atoms with E-state index >= 15 is 0 Å². The van der Waals surface area contributed by atoms with Crippen molar-refractivity contribution < 1.29 is 9.47 Å². The Hall–Kier alpha value is -1.07. The molecule has 2 atom stereocenters. The molecule has 0 spiro atoms. The first-order valence-corrected chi connectivity index (χ1v) is 8.13. The van der Waals surface area contributed by atoms with E-state index in [0.29, 0.717) is 16.7 Å². The Balaban J connectivity index is 1.52. The van der Waals surface area contributed by atoms with Crippen molar-refractivity contribution in [2.45, 2.75) is 44.8 Å². The molecule has 1 aromatic heterocycles. The maximum absolute atomic E-state index is 6.16. The molecule has 22 heavy (non-hydrogen) atoms. The van der Waals surface area contributed by atoms with E-state index in [1.807, 2.05) is 22.9 Å². The topological polar surface area (TPSA) is 36.3 Å². The largest absolute Gasteiger partial charge is 0.348 e. The van der Waals surface area contributed by atoms with Crippen molar-refractivity contribution in [2.75, 3.05) is 0 Å². The molecule has 3 rings (SSSR count). The molecule has 1 fully saturated rings. The summed E-state index contributed by atoms with van der Waals surface area (Å²) in [5, 5.41) is 1.25. The smallest absolute Gasteiger partial charge is 0.158 e. The summed E-state index contributed by atoms with van der Waals surface area (Å²) in [7, 11) is 0. The van der Waals surface area contributed by atoms with E-state index < -0.39 is 0 Å². The predicted octanol–water partition coefficient (Wildman–Crippen LogP) is 4.30. The highest BCUT2D eigenvalue weighted by molar-refractivity contribution is 6.35. The summed E-state index contributed by atoms with van der Waals surface area (Å²) in [4.78, 5) is 4.05. The third-order valence-electron chi connectivity index (χ3n) is 3.72. The Bertz CT molecular complexity index is 604. The maximum Gasteiger partial charge on any atom is 0.158 e. The molecule has 0 radical (unpaired) electrons. The monoisotopic (exact) mass is 340 g/mol. The van der Waals surface area contributed by atoms with Crippen LogP contribution in [0.15, 0.2) is 36.9 Å². The van der Waals surface area contributed by atoms with E-state index in [4.69, 9.17) is 32.7 Å². The van der Waals surface area contributed by atoms with E-state index in [1.165, 1.54) is 0 Å². The van der Waals surface area contributed by atoms with Crippen molar-refractivity contribution >= 4 is 23.2 Å². The fourth-order valence-corrected chi connectivity index (χ4v) is 3.03. The van der Waals surface area contributed by atoms with Crippen LogP contribution in [0.4, 0.5) is 0 Å². The molecule has 6 heteroatoms.